The van der Waals surface area contributed by atoms with Gasteiger partial charge in [0.05, 0.1) is 17.4 Å². The van der Waals surface area contributed by atoms with Crippen molar-refractivity contribution in [1.82, 2.24) is 4.90 Å². The van der Waals surface area contributed by atoms with Gasteiger partial charge in [-0.25, -0.2) is 4.39 Å². The highest BCUT2D eigenvalue weighted by molar-refractivity contribution is 6.32. The molecule has 0 aromatic heterocycles. The first kappa shape index (κ1) is 20.0. The molecule has 6 heteroatoms. The summed E-state index contributed by atoms with van der Waals surface area (Å²) in [5, 5.41) is 12.4. The van der Waals surface area contributed by atoms with Crippen molar-refractivity contribution >= 4 is 22.7 Å². The van der Waals surface area contributed by atoms with Gasteiger partial charge in [0.1, 0.15) is 17.2 Å². The number of amides is 1. The number of nitrogens with one attached hydrogen (secondary N) is 1. The Morgan fingerprint density at radius 3 is 2.71 bits per heavy atom. The number of carbonyl (C=O) groups is 1. The Balaban J connectivity index is 1.45. The second kappa shape index (κ2) is 7.32. The highest BCUT2D eigenvalue weighted by Gasteiger charge is 2.38. The number of allylic oxidation sites excluding steroid dienone is 1. The third-order valence-corrected chi connectivity index (χ3v) is 6.18. The van der Waals surface area contributed by atoms with Crippen molar-refractivity contribution in [2.45, 2.75) is 38.5 Å². The number of aliphatic hydroxyl groups is 1. The van der Waals surface area contributed by atoms with Crippen LogP contribution in [0.3, 0.4) is 0 Å². The van der Waals surface area contributed by atoms with Crippen molar-refractivity contribution in [3.8, 4) is 0 Å². The number of likely N-dealkylation sites (tertiary alicyclic amines) is 1. The summed E-state index contributed by atoms with van der Waals surface area (Å²) >= 11 is 0. The molecule has 5 rings (SSSR count). The second-order valence-electron chi connectivity index (χ2n) is 8.93. The van der Waals surface area contributed by atoms with Crippen LogP contribution < -0.4 is 5.32 Å². The minimum atomic E-state index is -0.605. The van der Waals surface area contributed by atoms with Crippen molar-refractivity contribution < 1.29 is 19.0 Å². The first-order valence-electron chi connectivity index (χ1n) is 10.6. The zero-order chi connectivity index (χ0) is 21.8. The average Bonchev–Trinajstić information content (AvgIpc) is 3.36. The molecule has 31 heavy (non-hydrogen) atoms. The molecule has 3 aliphatic heterocycles. The highest BCUT2D eigenvalue weighted by Crippen LogP contribution is 2.44. The zero-order valence-electron chi connectivity index (χ0n) is 17.6. The molecule has 1 unspecified atom stereocenters. The van der Waals surface area contributed by atoms with Gasteiger partial charge in [0, 0.05) is 30.8 Å². The molecule has 2 N–H and O–H groups in total. The predicted molar refractivity (Wildman–Crippen MR) is 117 cm³/mol. The van der Waals surface area contributed by atoms with Crippen molar-refractivity contribution in [1.29, 1.82) is 0 Å². The maximum atomic E-state index is 13.6. The zero-order valence-corrected chi connectivity index (χ0v) is 17.6. The van der Waals surface area contributed by atoms with Gasteiger partial charge in [0.2, 0.25) is 0 Å². The fourth-order valence-electron chi connectivity index (χ4n) is 4.61. The summed E-state index contributed by atoms with van der Waals surface area (Å²) in [7, 11) is 0. The molecule has 0 spiro atoms. The van der Waals surface area contributed by atoms with E-state index in [1.165, 1.54) is 17.7 Å². The van der Waals surface area contributed by atoms with Crippen molar-refractivity contribution in [2.24, 2.45) is 0 Å². The van der Waals surface area contributed by atoms with E-state index in [1.807, 2.05) is 19.9 Å². The van der Waals surface area contributed by atoms with E-state index in [-0.39, 0.29) is 12.0 Å². The highest BCUT2D eigenvalue weighted by atomic mass is 19.1. The molecular weight excluding hydrogens is 395 g/mol. The van der Waals surface area contributed by atoms with Crippen LogP contribution in [0.4, 0.5) is 10.1 Å². The first-order chi connectivity index (χ1) is 14.8. The minimum Gasteiger partial charge on any atom is -0.482 e. The fourth-order valence-corrected chi connectivity index (χ4v) is 4.61. The molecule has 3 aliphatic rings. The summed E-state index contributed by atoms with van der Waals surface area (Å²) in [6.07, 6.45) is 2.53. The van der Waals surface area contributed by atoms with E-state index in [1.54, 1.807) is 6.07 Å². The van der Waals surface area contributed by atoms with Gasteiger partial charge >= 0.3 is 0 Å². The van der Waals surface area contributed by atoms with Crippen LogP contribution in [0.25, 0.3) is 11.1 Å². The molecule has 5 nitrogen and oxygen atoms in total. The van der Waals surface area contributed by atoms with Gasteiger partial charge in [-0.1, -0.05) is 24.3 Å². The predicted octanol–water partition coefficient (Wildman–Crippen LogP) is 3.95. The third-order valence-electron chi connectivity index (χ3n) is 6.18. The number of hydrogen-bond donors (Lipinski definition) is 2. The number of rotatable bonds is 3. The Labute approximate surface area is 180 Å². The molecule has 160 valence electrons. The molecule has 1 saturated heterocycles. The number of nitrogens with zero attached hydrogens (tertiary/aromatic N) is 1. The van der Waals surface area contributed by atoms with Gasteiger partial charge in [-0.3, -0.25) is 9.69 Å². The lowest BCUT2D eigenvalue weighted by molar-refractivity contribution is -0.111. The molecule has 1 atom stereocenters. The Hall–Kier alpha value is -2.96. The van der Waals surface area contributed by atoms with Crippen LogP contribution in [0, 0.1) is 5.82 Å². The van der Waals surface area contributed by atoms with Crippen LogP contribution in [-0.4, -0.2) is 40.7 Å². The average molecular weight is 420 g/mol. The topological polar surface area (TPSA) is 61.8 Å². The Morgan fingerprint density at radius 2 is 2.00 bits per heavy atom. The SMILES string of the molecule is CC1(C)OC(=C2C(=O)Nc3cc(F)ccc32)C=C1c1ccc(CN2CCC(O)C2)cc1. The summed E-state index contributed by atoms with van der Waals surface area (Å²) in [5.41, 5.74) is 4.16. The number of fused-ring (bicyclic) bond motifs is 1. The number of carbonyl (C=O) groups excluding carboxylic acids is 1. The van der Waals surface area contributed by atoms with Crippen LogP contribution in [-0.2, 0) is 16.1 Å². The standard InChI is InChI=1S/C25H25FN2O3/c1-25(2)20(16-5-3-15(4-6-16)13-28-10-9-18(29)14-28)12-22(31-25)23-19-8-7-17(26)11-21(19)27-24(23)30/h3-8,11-12,18,29H,9-10,13-14H2,1-2H3,(H,27,30). The first-order valence-corrected chi connectivity index (χ1v) is 10.6. The lowest BCUT2D eigenvalue weighted by Crippen LogP contribution is -2.22. The van der Waals surface area contributed by atoms with Crippen LogP contribution >= 0.6 is 0 Å². The van der Waals surface area contributed by atoms with Gasteiger partial charge in [0.15, 0.2) is 0 Å². The molecular formula is C25H25FN2O3. The van der Waals surface area contributed by atoms with Gasteiger partial charge in [0.25, 0.3) is 5.91 Å². The Morgan fingerprint density at radius 1 is 1.23 bits per heavy atom. The normalized spacial score (nSPS) is 24.7. The molecule has 1 amide bonds. The van der Waals surface area contributed by atoms with E-state index in [9.17, 15) is 14.3 Å². The van der Waals surface area contributed by atoms with Gasteiger partial charge in [-0.2, -0.15) is 0 Å². The van der Waals surface area contributed by atoms with Crippen molar-refractivity contribution in [2.75, 3.05) is 18.4 Å². The summed E-state index contributed by atoms with van der Waals surface area (Å²) in [5.74, 6) is -0.178. The molecule has 0 saturated carbocycles. The molecule has 0 bridgehead atoms. The molecule has 3 heterocycles. The van der Waals surface area contributed by atoms with E-state index in [0.717, 1.165) is 37.2 Å². The van der Waals surface area contributed by atoms with Crippen LogP contribution in [0.2, 0.25) is 0 Å². The Kier molecular flexibility index (Phi) is 4.72. The van der Waals surface area contributed by atoms with E-state index in [4.69, 9.17) is 4.74 Å². The van der Waals surface area contributed by atoms with Gasteiger partial charge < -0.3 is 15.2 Å². The fraction of sp³-hybridized carbons (Fsp3) is 0.320. The molecule has 2 aromatic carbocycles. The van der Waals surface area contributed by atoms with Crippen molar-refractivity contribution in [3.05, 3.63) is 76.8 Å². The van der Waals surface area contributed by atoms with Crippen LogP contribution in [0.15, 0.2) is 54.3 Å². The lowest BCUT2D eigenvalue weighted by atomic mass is 9.91. The number of hydrogen-bond acceptors (Lipinski definition) is 4. The van der Waals surface area contributed by atoms with E-state index < -0.39 is 11.4 Å². The van der Waals surface area contributed by atoms with E-state index in [0.29, 0.717) is 22.6 Å². The van der Waals surface area contributed by atoms with Gasteiger partial charge in [-0.05, 0) is 55.7 Å². The lowest BCUT2D eigenvalue weighted by Gasteiger charge is -2.24. The van der Waals surface area contributed by atoms with Gasteiger partial charge in [-0.15, -0.1) is 0 Å². The largest absolute Gasteiger partial charge is 0.482 e. The summed E-state index contributed by atoms with van der Waals surface area (Å²) < 4.78 is 19.8. The summed E-state index contributed by atoms with van der Waals surface area (Å²) in [6, 6.07) is 12.6. The monoisotopic (exact) mass is 420 g/mol. The number of anilines is 1. The number of halogens is 1. The van der Waals surface area contributed by atoms with E-state index >= 15 is 0 Å². The summed E-state index contributed by atoms with van der Waals surface area (Å²) in [4.78, 5) is 14.8. The smallest absolute Gasteiger partial charge is 0.260 e. The van der Waals surface area contributed by atoms with Crippen molar-refractivity contribution in [3.63, 3.8) is 0 Å². The summed E-state index contributed by atoms with van der Waals surface area (Å²) in [6.45, 7) is 6.41. The number of aliphatic hydroxyl groups excluding tert-OH is 1. The van der Waals surface area contributed by atoms with Crippen LogP contribution in [0.1, 0.15) is 37.0 Å². The Bertz CT molecular complexity index is 1120. The molecule has 2 aromatic rings. The molecule has 1 fully saturated rings. The third kappa shape index (κ3) is 3.66. The molecule has 0 aliphatic carbocycles. The molecule has 0 radical (unpaired) electrons. The van der Waals surface area contributed by atoms with E-state index in [2.05, 4.69) is 34.5 Å². The van der Waals surface area contributed by atoms with Crippen LogP contribution in [0.5, 0.6) is 0 Å². The second-order valence-corrected chi connectivity index (χ2v) is 8.93. The maximum absolute atomic E-state index is 13.6. The quantitative estimate of drug-likeness (QED) is 0.739. The minimum absolute atomic E-state index is 0.221. The number of benzene rings is 2. The maximum Gasteiger partial charge on any atom is 0.260 e. The number of β-amino-alcohol motifs (C(OH)–C–C–N with tert-alkyl or cyclic N) is 1. The number of ether oxygens (including phenoxy) is 1.